The highest BCUT2D eigenvalue weighted by Gasteiger charge is 2.38. The molecule has 3 aromatic rings. The smallest absolute Gasteiger partial charge is 0.417 e. The van der Waals surface area contributed by atoms with Crippen molar-refractivity contribution in [3.8, 4) is 5.69 Å². The summed E-state index contributed by atoms with van der Waals surface area (Å²) in [5.41, 5.74) is -1.57. The summed E-state index contributed by atoms with van der Waals surface area (Å²) in [4.78, 5) is 24.8. The lowest BCUT2D eigenvalue weighted by atomic mass is 10.00. The molecule has 0 amide bonds. The number of aromatic nitrogens is 3. The normalized spacial score (nSPS) is 15.5. The Bertz CT molecular complexity index is 1250. The van der Waals surface area contributed by atoms with Gasteiger partial charge in [-0.05, 0) is 38.1 Å². The van der Waals surface area contributed by atoms with Crippen LogP contribution in [-0.4, -0.2) is 32.8 Å². The van der Waals surface area contributed by atoms with Crippen molar-refractivity contribution < 1.29 is 27.1 Å². The summed E-state index contributed by atoms with van der Waals surface area (Å²) in [6.07, 6.45) is -2.12. The van der Waals surface area contributed by atoms with E-state index in [1.807, 2.05) is 0 Å². The number of pyridine rings is 1. The topological polar surface area (TPSA) is 69.4 Å². The Hall–Kier alpha value is -3.27. The van der Waals surface area contributed by atoms with Crippen LogP contribution in [-0.2, 0) is 10.9 Å². The summed E-state index contributed by atoms with van der Waals surface area (Å²) in [5.74, 6) is -1.22. The van der Waals surface area contributed by atoms with E-state index in [-0.39, 0.29) is 40.8 Å². The van der Waals surface area contributed by atoms with Crippen LogP contribution < -0.4 is 0 Å². The molecule has 1 aliphatic heterocycles. The number of hydrogen-bond donors (Lipinski definition) is 0. The van der Waals surface area contributed by atoms with E-state index < -0.39 is 34.6 Å². The first-order chi connectivity index (χ1) is 15.1. The summed E-state index contributed by atoms with van der Waals surface area (Å²) in [6, 6.07) is 3.70. The molecular weight excluding hydrogens is 452 g/mol. The van der Waals surface area contributed by atoms with Gasteiger partial charge in [0.2, 0.25) is 0 Å². The Balaban J connectivity index is 2.05. The van der Waals surface area contributed by atoms with Gasteiger partial charge in [0.15, 0.2) is 11.5 Å². The van der Waals surface area contributed by atoms with Crippen molar-refractivity contribution in [3.05, 3.63) is 75.8 Å². The van der Waals surface area contributed by atoms with Crippen LogP contribution in [0.1, 0.15) is 53.0 Å². The van der Waals surface area contributed by atoms with E-state index >= 15 is 0 Å². The molecule has 0 aliphatic carbocycles. The second kappa shape index (κ2) is 8.01. The van der Waals surface area contributed by atoms with Crippen molar-refractivity contribution in [2.45, 2.75) is 26.1 Å². The summed E-state index contributed by atoms with van der Waals surface area (Å²) in [5, 5.41) is -0.662. The van der Waals surface area contributed by atoms with Gasteiger partial charge in [-0.25, -0.2) is 14.2 Å². The Morgan fingerprint density at radius 3 is 2.69 bits per heavy atom. The highest BCUT2D eigenvalue weighted by Crippen LogP contribution is 2.41. The molecule has 166 valence electrons. The van der Waals surface area contributed by atoms with Crippen LogP contribution in [0.2, 0.25) is 5.02 Å². The quantitative estimate of drug-likeness (QED) is 0.394. The van der Waals surface area contributed by atoms with E-state index in [1.54, 1.807) is 13.8 Å². The van der Waals surface area contributed by atoms with Crippen LogP contribution in [0.4, 0.5) is 17.6 Å². The Labute approximate surface area is 184 Å². The highest BCUT2D eigenvalue weighted by atomic mass is 35.5. The fourth-order valence-electron chi connectivity index (χ4n) is 3.45. The summed E-state index contributed by atoms with van der Waals surface area (Å²) < 4.78 is 61.8. The van der Waals surface area contributed by atoms with Gasteiger partial charge in [0, 0.05) is 18.0 Å². The second-order valence-electron chi connectivity index (χ2n) is 6.88. The molecule has 0 radical (unpaired) electrons. The molecule has 0 spiro atoms. The largest absolute Gasteiger partial charge is 0.461 e. The zero-order valence-corrected chi connectivity index (χ0v) is 17.5. The van der Waals surface area contributed by atoms with E-state index in [9.17, 15) is 22.4 Å². The van der Waals surface area contributed by atoms with Crippen LogP contribution in [0.25, 0.3) is 5.69 Å². The minimum atomic E-state index is -4.76. The lowest BCUT2D eigenvalue weighted by Crippen LogP contribution is -2.15. The number of alkyl halides is 3. The molecule has 1 aliphatic rings. The van der Waals surface area contributed by atoms with Gasteiger partial charge in [-0.15, -0.1) is 0 Å². The number of carbonyl (C=O) groups is 1. The molecule has 0 saturated carbocycles. The van der Waals surface area contributed by atoms with Gasteiger partial charge in [0.25, 0.3) is 0 Å². The molecule has 6 nitrogen and oxygen atoms in total. The third-order valence-corrected chi connectivity index (χ3v) is 5.21. The molecule has 0 bridgehead atoms. The van der Waals surface area contributed by atoms with Crippen molar-refractivity contribution in [2.75, 3.05) is 6.61 Å². The number of aliphatic imine (C=N–C) groups is 1. The number of halogens is 5. The fourth-order valence-corrected chi connectivity index (χ4v) is 3.81. The number of benzene rings is 1. The van der Waals surface area contributed by atoms with Crippen molar-refractivity contribution in [3.63, 3.8) is 0 Å². The Kier molecular flexibility index (Phi) is 5.49. The highest BCUT2D eigenvalue weighted by molar-refractivity contribution is 6.37. The zero-order valence-electron chi connectivity index (χ0n) is 16.7. The van der Waals surface area contributed by atoms with Crippen LogP contribution >= 0.6 is 11.6 Å². The van der Waals surface area contributed by atoms with Gasteiger partial charge in [0.05, 0.1) is 28.6 Å². The number of fused-ring (bicyclic) bond motifs is 3. The number of imidazole rings is 1. The molecule has 0 saturated heterocycles. The minimum Gasteiger partial charge on any atom is -0.461 e. The third kappa shape index (κ3) is 3.64. The number of rotatable bonds is 3. The molecule has 1 unspecified atom stereocenters. The van der Waals surface area contributed by atoms with Crippen molar-refractivity contribution in [1.29, 1.82) is 0 Å². The van der Waals surface area contributed by atoms with Crippen LogP contribution in [0, 0.1) is 5.82 Å². The SMILES string of the molecule is CCOC(=O)c1cn2c(n1)C(C)N=C(c1ncccc1F)c1c-2ccc(C(F)(F)F)c1Cl. The lowest BCUT2D eigenvalue weighted by molar-refractivity contribution is -0.137. The molecule has 4 rings (SSSR count). The van der Waals surface area contributed by atoms with Crippen LogP contribution in [0.3, 0.4) is 0 Å². The maximum absolute atomic E-state index is 14.6. The maximum atomic E-state index is 14.6. The second-order valence-corrected chi connectivity index (χ2v) is 7.26. The average Bonchev–Trinajstić information content (AvgIpc) is 3.13. The molecular formula is C21H15ClF4N4O2. The van der Waals surface area contributed by atoms with E-state index in [0.717, 1.165) is 12.1 Å². The lowest BCUT2D eigenvalue weighted by Gasteiger charge is -2.17. The average molecular weight is 467 g/mol. The number of ether oxygens (including phenoxy) is 1. The predicted octanol–water partition coefficient (Wildman–Crippen LogP) is 5.17. The van der Waals surface area contributed by atoms with Crippen LogP contribution in [0.15, 0.2) is 41.7 Å². The van der Waals surface area contributed by atoms with Gasteiger partial charge in [0.1, 0.15) is 17.6 Å². The first-order valence-electron chi connectivity index (χ1n) is 9.49. The molecule has 1 aromatic carbocycles. The Morgan fingerprint density at radius 2 is 2.03 bits per heavy atom. The van der Waals surface area contributed by atoms with E-state index in [4.69, 9.17) is 16.3 Å². The van der Waals surface area contributed by atoms with Gasteiger partial charge in [-0.3, -0.25) is 9.98 Å². The molecule has 3 heterocycles. The molecule has 2 aromatic heterocycles. The summed E-state index contributed by atoms with van der Waals surface area (Å²) >= 11 is 6.24. The van der Waals surface area contributed by atoms with Crippen LogP contribution in [0.5, 0.6) is 0 Å². The number of carbonyl (C=O) groups excluding carboxylic acids is 1. The van der Waals surface area contributed by atoms with Gasteiger partial charge in [-0.1, -0.05) is 11.6 Å². The van der Waals surface area contributed by atoms with E-state index in [2.05, 4.69) is 15.0 Å². The third-order valence-electron chi connectivity index (χ3n) is 4.82. The van der Waals surface area contributed by atoms with Crippen molar-refractivity contribution in [2.24, 2.45) is 4.99 Å². The summed E-state index contributed by atoms with van der Waals surface area (Å²) in [7, 11) is 0. The standard InChI is InChI=1S/C21H15ClF4N4O2/c1-3-32-20(31)13-9-30-14-7-6-11(21(24,25)26)16(22)15(14)18(28-10(2)19(30)29-13)17-12(23)5-4-8-27-17/h4-10H,3H2,1-2H3. The van der Waals surface area contributed by atoms with Gasteiger partial charge >= 0.3 is 12.1 Å². The molecule has 11 heteroatoms. The first-order valence-corrected chi connectivity index (χ1v) is 9.86. The molecule has 32 heavy (non-hydrogen) atoms. The maximum Gasteiger partial charge on any atom is 0.417 e. The van der Waals surface area contributed by atoms with E-state index in [0.29, 0.717) is 0 Å². The van der Waals surface area contributed by atoms with Crippen molar-refractivity contribution in [1.82, 2.24) is 14.5 Å². The monoisotopic (exact) mass is 466 g/mol. The zero-order chi connectivity index (χ0) is 23.2. The predicted molar refractivity (Wildman–Crippen MR) is 108 cm³/mol. The first kappa shape index (κ1) is 21.9. The molecule has 0 fully saturated rings. The van der Waals surface area contributed by atoms with Gasteiger partial charge in [-0.2, -0.15) is 13.2 Å². The minimum absolute atomic E-state index is 0.0432. The van der Waals surface area contributed by atoms with E-state index in [1.165, 1.54) is 29.1 Å². The van der Waals surface area contributed by atoms with Crippen molar-refractivity contribution >= 4 is 23.3 Å². The number of esters is 1. The summed E-state index contributed by atoms with van der Waals surface area (Å²) in [6.45, 7) is 3.36. The number of hydrogen-bond acceptors (Lipinski definition) is 5. The Morgan fingerprint density at radius 1 is 1.28 bits per heavy atom. The fraction of sp³-hybridized carbons (Fsp3) is 0.238. The molecule has 0 N–H and O–H groups in total. The molecule has 1 atom stereocenters. The number of nitrogens with zero attached hydrogens (tertiary/aromatic N) is 4. The van der Waals surface area contributed by atoms with Gasteiger partial charge < -0.3 is 9.30 Å².